The SMILES string of the molecule is CCOc1cnc(C(=O)N2CCCC(CCC(N)=O)C2)cn1. The fourth-order valence-corrected chi connectivity index (χ4v) is 2.64. The van der Waals surface area contributed by atoms with Gasteiger partial charge in [0, 0.05) is 19.5 Å². The van der Waals surface area contributed by atoms with E-state index in [-0.39, 0.29) is 11.8 Å². The molecule has 0 aliphatic carbocycles. The number of carbonyl (C=O) groups is 2. The molecule has 1 fully saturated rings. The number of nitrogens with zero attached hydrogens (tertiary/aromatic N) is 3. The number of likely N-dealkylation sites (tertiary alicyclic amines) is 1. The van der Waals surface area contributed by atoms with Crippen LogP contribution in [0.5, 0.6) is 5.88 Å². The number of nitrogens with two attached hydrogens (primary N) is 1. The zero-order valence-corrected chi connectivity index (χ0v) is 12.8. The van der Waals surface area contributed by atoms with Gasteiger partial charge in [0.05, 0.1) is 19.0 Å². The summed E-state index contributed by atoms with van der Waals surface area (Å²) in [4.78, 5) is 33.3. The zero-order chi connectivity index (χ0) is 15.9. The molecule has 1 atom stereocenters. The van der Waals surface area contributed by atoms with Crippen LogP contribution in [0.4, 0.5) is 0 Å². The van der Waals surface area contributed by atoms with Gasteiger partial charge < -0.3 is 15.4 Å². The number of primary amides is 1. The minimum absolute atomic E-state index is 0.126. The highest BCUT2D eigenvalue weighted by atomic mass is 16.5. The number of ether oxygens (including phenoxy) is 1. The standard InChI is InChI=1S/C15H22N4O3/c1-2-22-14-9-17-12(8-18-14)15(21)19-7-3-4-11(10-19)5-6-13(16)20/h8-9,11H,2-7,10H2,1H3,(H2,16,20). The van der Waals surface area contributed by atoms with Crippen molar-refractivity contribution in [2.24, 2.45) is 11.7 Å². The minimum Gasteiger partial charge on any atom is -0.477 e. The molecule has 1 aliphatic rings. The van der Waals surface area contributed by atoms with Crippen molar-refractivity contribution in [2.45, 2.75) is 32.6 Å². The molecule has 22 heavy (non-hydrogen) atoms. The molecule has 1 saturated heterocycles. The van der Waals surface area contributed by atoms with E-state index in [1.807, 2.05) is 6.92 Å². The molecule has 0 radical (unpaired) electrons. The van der Waals surface area contributed by atoms with Crippen molar-refractivity contribution in [3.05, 3.63) is 18.1 Å². The number of carbonyl (C=O) groups excluding carboxylic acids is 2. The summed E-state index contributed by atoms with van der Waals surface area (Å²) in [6, 6.07) is 0. The average molecular weight is 306 g/mol. The van der Waals surface area contributed by atoms with Crippen molar-refractivity contribution in [3.63, 3.8) is 0 Å². The summed E-state index contributed by atoms with van der Waals surface area (Å²) in [5.74, 6) is 0.318. The predicted molar refractivity (Wildman–Crippen MR) is 80.3 cm³/mol. The maximum absolute atomic E-state index is 12.4. The third-order valence-electron chi connectivity index (χ3n) is 3.74. The Hall–Kier alpha value is -2.18. The molecular formula is C15H22N4O3. The first-order valence-electron chi connectivity index (χ1n) is 7.62. The lowest BCUT2D eigenvalue weighted by Crippen LogP contribution is -2.40. The smallest absolute Gasteiger partial charge is 0.274 e. The average Bonchev–Trinajstić information content (AvgIpc) is 2.53. The van der Waals surface area contributed by atoms with Gasteiger partial charge in [-0.1, -0.05) is 0 Å². The van der Waals surface area contributed by atoms with Crippen molar-refractivity contribution >= 4 is 11.8 Å². The van der Waals surface area contributed by atoms with Crippen LogP contribution in [-0.4, -0.2) is 46.4 Å². The minimum atomic E-state index is -0.291. The number of rotatable bonds is 6. The van der Waals surface area contributed by atoms with Crippen molar-refractivity contribution < 1.29 is 14.3 Å². The molecule has 120 valence electrons. The van der Waals surface area contributed by atoms with E-state index in [4.69, 9.17) is 10.5 Å². The van der Waals surface area contributed by atoms with Crippen LogP contribution in [0.2, 0.25) is 0 Å². The van der Waals surface area contributed by atoms with Crippen LogP contribution in [0.15, 0.2) is 12.4 Å². The topological polar surface area (TPSA) is 98.4 Å². The quantitative estimate of drug-likeness (QED) is 0.845. The van der Waals surface area contributed by atoms with Gasteiger partial charge in [-0.3, -0.25) is 9.59 Å². The first kappa shape index (κ1) is 16.2. The van der Waals surface area contributed by atoms with Gasteiger partial charge in [0.25, 0.3) is 5.91 Å². The number of amides is 2. The molecule has 0 aromatic carbocycles. The Morgan fingerprint density at radius 1 is 1.41 bits per heavy atom. The molecule has 2 heterocycles. The first-order chi connectivity index (χ1) is 10.6. The van der Waals surface area contributed by atoms with Crippen LogP contribution in [0, 0.1) is 5.92 Å². The Morgan fingerprint density at radius 2 is 2.23 bits per heavy atom. The van der Waals surface area contributed by atoms with E-state index in [9.17, 15) is 9.59 Å². The number of piperidine rings is 1. The molecule has 7 heteroatoms. The summed E-state index contributed by atoms with van der Waals surface area (Å²) < 4.78 is 5.22. The summed E-state index contributed by atoms with van der Waals surface area (Å²) in [6.45, 7) is 3.72. The van der Waals surface area contributed by atoms with Crippen molar-refractivity contribution in [2.75, 3.05) is 19.7 Å². The highest BCUT2D eigenvalue weighted by Gasteiger charge is 2.25. The molecule has 1 aromatic rings. The van der Waals surface area contributed by atoms with E-state index in [2.05, 4.69) is 9.97 Å². The van der Waals surface area contributed by atoms with Crippen LogP contribution in [0.3, 0.4) is 0 Å². The second-order valence-electron chi connectivity index (χ2n) is 5.44. The summed E-state index contributed by atoms with van der Waals surface area (Å²) in [7, 11) is 0. The lowest BCUT2D eigenvalue weighted by atomic mass is 9.93. The molecule has 0 saturated carbocycles. The largest absolute Gasteiger partial charge is 0.477 e. The van der Waals surface area contributed by atoms with E-state index in [1.165, 1.54) is 12.4 Å². The number of hydrogen-bond donors (Lipinski definition) is 1. The normalized spacial score (nSPS) is 18.0. The van der Waals surface area contributed by atoms with Crippen molar-refractivity contribution in [1.29, 1.82) is 0 Å². The van der Waals surface area contributed by atoms with Gasteiger partial charge in [0.1, 0.15) is 5.69 Å². The zero-order valence-electron chi connectivity index (χ0n) is 12.8. The van der Waals surface area contributed by atoms with Crippen molar-refractivity contribution in [1.82, 2.24) is 14.9 Å². The van der Waals surface area contributed by atoms with Crippen LogP contribution >= 0.6 is 0 Å². The second-order valence-corrected chi connectivity index (χ2v) is 5.44. The molecule has 2 rings (SSSR count). The number of hydrogen-bond acceptors (Lipinski definition) is 5. The highest BCUT2D eigenvalue weighted by Crippen LogP contribution is 2.22. The van der Waals surface area contributed by atoms with E-state index >= 15 is 0 Å². The van der Waals surface area contributed by atoms with Crippen LogP contribution in [0.25, 0.3) is 0 Å². The number of aromatic nitrogens is 2. The van der Waals surface area contributed by atoms with Crippen LogP contribution < -0.4 is 10.5 Å². The monoisotopic (exact) mass is 306 g/mol. The Balaban J connectivity index is 1.94. The molecule has 1 aromatic heterocycles. The molecular weight excluding hydrogens is 284 g/mol. The Kier molecular flexibility index (Phi) is 5.68. The van der Waals surface area contributed by atoms with Gasteiger partial charge in [-0.15, -0.1) is 0 Å². The fourth-order valence-electron chi connectivity index (χ4n) is 2.64. The van der Waals surface area contributed by atoms with Gasteiger partial charge in [-0.25, -0.2) is 9.97 Å². The molecule has 1 aliphatic heterocycles. The van der Waals surface area contributed by atoms with E-state index in [1.54, 1.807) is 4.90 Å². The molecule has 2 amide bonds. The molecule has 0 bridgehead atoms. The lowest BCUT2D eigenvalue weighted by Gasteiger charge is -2.32. The maximum atomic E-state index is 12.4. The fraction of sp³-hybridized carbons (Fsp3) is 0.600. The Labute approximate surface area is 129 Å². The Morgan fingerprint density at radius 3 is 2.86 bits per heavy atom. The second kappa shape index (κ2) is 7.72. The third-order valence-corrected chi connectivity index (χ3v) is 3.74. The van der Waals surface area contributed by atoms with Gasteiger partial charge >= 0.3 is 0 Å². The van der Waals surface area contributed by atoms with Gasteiger partial charge in [-0.2, -0.15) is 0 Å². The van der Waals surface area contributed by atoms with Gasteiger partial charge in [0.2, 0.25) is 11.8 Å². The molecule has 7 nitrogen and oxygen atoms in total. The predicted octanol–water partition coefficient (Wildman–Crippen LogP) is 0.993. The van der Waals surface area contributed by atoms with Crippen LogP contribution in [-0.2, 0) is 4.79 Å². The van der Waals surface area contributed by atoms with E-state index < -0.39 is 0 Å². The Bertz CT molecular complexity index is 518. The molecule has 1 unspecified atom stereocenters. The van der Waals surface area contributed by atoms with Crippen LogP contribution in [0.1, 0.15) is 43.1 Å². The summed E-state index contributed by atoms with van der Waals surface area (Å²) in [5.41, 5.74) is 5.50. The van der Waals surface area contributed by atoms with Gasteiger partial charge in [-0.05, 0) is 32.1 Å². The van der Waals surface area contributed by atoms with E-state index in [0.29, 0.717) is 43.6 Å². The lowest BCUT2D eigenvalue weighted by molar-refractivity contribution is -0.118. The molecule has 2 N–H and O–H groups in total. The third kappa shape index (κ3) is 4.41. The summed E-state index contributed by atoms with van der Waals surface area (Å²) in [6.07, 6.45) is 5.96. The van der Waals surface area contributed by atoms with Crippen molar-refractivity contribution in [3.8, 4) is 5.88 Å². The maximum Gasteiger partial charge on any atom is 0.274 e. The summed E-state index contributed by atoms with van der Waals surface area (Å²) >= 11 is 0. The van der Waals surface area contributed by atoms with Gasteiger partial charge in [0.15, 0.2) is 0 Å². The van der Waals surface area contributed by atoms with E-state index in [0.717, 1.165) is 19.3 Å². The highest BCUT2D eigenvalue weighted by molar-refractivity contribution is 5.92. The first-order valence-corrected chi connectivity index (χ1v) is 7.62. The molecule has 0 spiro atoms. The summed E-state index contributed by atoms with van der Waals surface area (Å²) in [5, 5.41) is 0.